The van der Waals surface area contributed by atoms with Crippen LogP contribution in [0.1, 0.15) is 5.56 Å². The summed E-state index contributed by atoms with van der Waals surface area (Å²) in [6.45, 7) is 0. The lowest BCUT2D eigenvalue weighted by Crippen LogP contribution is -2.20. The Morgan fingerprint density at radius 3 is 2.09 bits per heavy atom. The van der Waals surface area contributed by atoms with Gasteiger partial charge in [-0.15, -0.1) is 0 Å². The van der Waals surface area contributed by atoms with E-state index in [1.807, 2.05) is 0 Å². The molecule has 0 saturated heterocycles. The molecule has 0 atom stereocenters. The van der Waals surface area contributed by atoms with Gasteiger partial charge < -0.3 is 5.32 Å². The summed E-state index contributed by atoms with van der Waals surface area (Å²) in [5, 5.41) is 3.34. The number of benzene rings is 3. The number of anilines is 3. The lowest BCUT2D eigenvalue weighted by Gasteiger charge is -2.16. The van der Waals surface area contributed by atoms with E-state index in [0.717, 1.165) is 12.1 Å². The minimum atomic E-state index is -4.86. The van der Waals surface area contributed by atoms with Gasteiger partial charge in [0.25, 0.3) is 10.0 Å². The summed E-state index contributed by atoms with van der Waals surface area (Å²) >= 11 is 6.00. The largest absolute Gasteiger partial charge is 0.417 e. The number of sulfonamides is 1. The minimum absolute atomic E-state index is 0.000897. The van der Waals surface area contributed by atoms with Crippen LogP contribution in [0, 0.1) is 0 Å². The predicted molar refractivity (Wildman–Crippen MR) is 117 cm³/mol. The molecule has 0 saturated carbocycles. The van der Waals surface area contributed by atoms with Gasteiger partial charge in [-0.2, -0.15) is 13.2 Å². The van der Waals surface area contributed by atoms with Crippen LogP contribution in [0.3, 0.4) is 0 Å². The summed E-state index contributed by atoms with van der Waals surface area (Å²) < 4.78 is 68.2. The summed E-state index contributed by atoms with van der Waals surface area (Å²) in [4.78, 5) is 7.73. The number of fused-ring (bicyclic) bond motifs is 1. The molecule has 164 valence electrons. The number of nitrogens with one attached hydrogen (secondary N) is 2. The number of halogens is 4. The van der Waals surface area contributed by atoms with Crippen molar-refractivity contribution in [3.63, 3.8) is 0 Å². The molecule has 0 spiro atoms. The second kappa shape index (κ2) is 8.29. The number of aromatic nitrogens is 2. The van der Waals surface area contributed by atoms with Crippen LogP contribution in [0.4, 0.5) is 30.5 Å². The zero-order valence-corrected chi connectivity index (χ0v) is 17.6. The van der Waals surface area contributed by atoms with Crippen LogP contribution in [0.15, 0.2) is 77.7 Å². The van der Waals surface area contributed by atoms with Crippen LogP contribution in [0.2, 0.25) is 5.02 Å². The number of rotatable bonds is 5. The number of para-hydroxylation sites is 2. The molecule has 0 aliphatic rings. The molecule has 6 nitrogen and oxygen atoms in total. The maximum absolute atomic E-state index is 13.4. The molecule has 0 unspecified atom stereocenters. The predicted octanol–water partition coefficient (Wildman–Crippen LogP) is 5.85. The zero-order chi connectivity index (χ0) is 22.9. The monoisotopic (exact) mass is 478 g/mol. The van der Waals surface area contributed by atoms with Gasteiger partial charge in [0.1, 0.15) is 0 Å². The lowest BCUT2D eigenvalue weighted by atomic mass is 10.2. The molecule has 0 bridgehead atoms. The van der Waals surface area contributed by atoms with E-state index in [4.69, 9.17) is 11.6 Å². The third-order valence-corrected chi connectivity index (χ3v) is 6.00. The Morgan fingerprint density at radius 2 is 1.44 bits per heavy atom. The molecular weight excluding hydrogens is 465 g/mol. The molecule has 4 rings (SSSR count). The first kappa shape index (κ1) is 21.8. The van der Waals surface area contributed by atoms with E-state index in [2.05, 4.69) is 20.0 Å². The molecular formula is C21H14ClF3N4O2S. The van der Waals surface area contributed by atoms with Crippen LogP contribution in [-0.2, 0) is 16.2 Å². The first-order valence-electron chi connectivity index (χ1n) is 9.12. The second-order valence-corrected chi connectivity index (χ2v) is 8.73. The van der Waals surface area contributed by atoms with E-state index in [-0.39, 0.29) is 11.6 Å². The average Bonchev–Trinajstić information content (AvgIpc) is 2.73. The van der Waals surface area contributed by atoms with Gasteiger partial charge in [0.05, 0.1) is 21.5 Å². The van der Waals surface area contributed by atoms with Crippen LogP contribution in [0.5, 0.6) is 0 Å². The number of hydrogen-bond donors (Lipinski definition) is 2. The van der Waals surface area contributed by atoms with Gasteiger partial charge in [-0.05, 0) is 42.5 Å². The van der Waals surface area contributed by atoms with Crippen molar-refractivity contribution in [3.05, 3.63) is 83.4 Å². The normalized spacial score (nSPS) is 12.0. The van der Waals surface area contributed by atoms with Crippen LogP contribution >= 0.6 is 11.6 Å². The Bertz CT molecular complexity index is 1410. The Kier molecular flexibility index (Phi) is 5.66. The van der Waals surface area contributed by atoms with E-state index < -0.39 is 26.7 Å². The first-order chi connectivity index (χ1) is 15.1. The Morgan fingerprint density at radius 1 is 0.812 bits per heavy atom. The molecule has 1 aromatic heterocycles. The summed E-state index contributed by atoms with van der Waals surface area (Å²) in [5.41, 5.74) is 0.00503. The van der Waals surface area contributed by atoms with Gasteiger partial charge in [0, 0.05) is 10.7 Å². The highest BCUT2D eigenvalue weighted by Gasteiger charge is 2.37. The van der Waals surface area contributed by atoms with Crippen LogP contribution in [0.25, 0.3) is 11.0 Å². The lowest BCUT2D eigenvalue weighted by molar-refractivity contribution is -0.139. The first-order valence-corrected chi connectivity index (χ1v) is 11.0. The molecule has 3 aromatic carbocycles. The van der Waals surface area contributed by atoms with Crippen LogP contribution in [-0.4, -0.2) is 18.4 Å². The molecule has 2 N–H and O–H groups in total. The molecule has 11 heteroatoms. The smallest absolute Gasteiger partial charge is 0.337 e. The molecule has 0 radical (unpaired) electrons. The highest BCUT2D eigenvalue weighted by molar-refractivity contribution is 7.92. The van der Waals surface area contributed by atoms with E-state index in [1.54, 1.807) is 48.5 Å². The summed E-state index contributed by atoms with van der Waals surface area (Å²) in [7, 11) is -4.66. The summed E-state index contributed by atoms with van der Waals surface area (Å²) in [6.07, 6.45) is -4.86. The van der Waals surface area contributed by atoms with Crippen molar-refractivity contribution >= 4 is 50.0 Å². The standard InChI is InChI=1S/C21H14ClF3N4O2S/c22-13-6-5-7-14(12-13)26-19-20(28-17-10-3-2-9-16(17)27-19)29-32(30,31)18-11-4-1-8-15(18)21(23,24)25/h1-12H,(H,26,27)(H,28,29). The molecule has 4 aromatic rings. The Labute approximate surface area is 186 Å². The molecule has 0 amide bonds. The molecule has 0 fully saturated rings. The van der Waals surface area contributed by atoms with E-state index in [9.17, 15) is 21.6 Å². The zero-order valence-electron chi connectivity index (χ0n) is 16.1. The van der Waals surface area contributed by atoms with Crippen molar-refractivity contribution in [2.75, 3.05) is 10.0 Å². The maximum atomic E-state index is 13.4. The van der Waals surface area contributed by atoms with Gasteiger partial charge in [-0.25, -0.2) is 18.4 Å². The van der Waals surface area contributed by atoms with Gasteiger partial charge in [-0.1, -0.05) is 41.9 Å². The number of nitrogens with zero attached hydrogens (tertiary/aromatic N) is 2. The van der Waals surface area contributed by atoms with Crippen molar-refractivity contribution in [1.29, 1.82) is 0 Å². The third-order valence-electron chi connectivity index (χ3n) is 4.37. The molecule has 32 heavy (non-hydrogen) atoms. The topological polar surface area (TPSA) is 84.0 Å². The third kappa shape index (κ3) is 4.61. The Balaban J connectivity index is 1.82. The van der Waals surface area contributed by atoms with Crippen molar-refractivity contribution in [2.45, 2.75) is 11.1 Å². The van der Waals surface area contributed by atoms with Crippen molar-refractivity contribution in [3.8, 4) is 0 Å². The Hall–Kier alpha value is -3.37. The summed E-state index contributed by atoms with van der Waals surface area (Å²) in [6, 6.07) is 17.1. The average molecular weight is 479 g/mol. The number of hydrogen-bond acceptors (Lipinski definition) is 5. The highest BCUT2D eigenvalue weighted by atomic mass is 35.5. The van der Waals surface area contributed by atoms with Gasteiger partial charge in [-0.3, -0.25) is 4.72 Å². The SMILES string of the molecule is O=S(=O)(Nc1nc2ccccc2nc1Nc1cccc(Cl)c1)c1ccccc1C(F)(F)F. The fourth-order valence-electron chi connectivity index (χ4n) is 2.98. The molecule has 0 aliphatic carbocycles. The molecule has 0 aliphatic heterocycles. The van der Waals surface area contributed by atoms with E-state index >= 15 is 0 Å². The maximum Gasteiger partial charge on any atom is 0.417 e. The van der Waals surface area contributed by atoms with Crippen LogP contribution < -0.4 is 10.0 Å². The van der Waals surface area contributed by atoms with Gasteiger partial charge >= 0.3 is 6.18 Å². The van der Waals surface area contributed by atoms with Crippen molar-refractivity contribution in [1.82, 2.24) is 9.97 Å². The highest BCUT2D eigenvalue weighted by Crippen LogP contribution is 2.35. The van der Waals surface area contributed by atoms with E-state index in [1.165, 1.54) is 6.07 Å². The fourth-order valence-corrected chi connectivity index (χ4v) is 4.41. The van der Waals surface area contributed by atoms with Crippen molar-refractivity contribution < 1.29 is 21.6 Å². The van der Waals surface area contributed by atoms with Crippen molar-refractivity contribution in [2.24, 2.45) is 0 Å². The minimum Gasteiger partial charge on any atom is -0.337 e. The van der Waals surface area contributed by atoms with Gasteiger partial charge in [0.2, 0.25) is 0 Å². The summed E-state index contributed by atoms with van der Waals surface area (Å²) in [5.74, 6) is -0.264. The fraction of sp³-hybridized carbons (Fsp3) is 0.0476. The van der Waals surface area contributed by atoms with E-state index in [0.29, 0.717) is 27.8 Å². The number of alkyl halides is 3. The second-order valence-electron chi connectivity index (χ2n) is 6.64. The quantitative estimate of drug-likeness (QED) is 0.376. The van der Waals surface area contributed by atoms with Gasteiger partial charge in [0.15, 0.2) is 11.6 Å². The molecule has 1 heterocycles.